The molecule has 7 nitrogen and oxygen atoms in total. The van der Waals surface area contributed by atoms with Crippen molar-refractivity contribution >= 4 is 11.7 Å². The van der Waals surface area contributed by atoms with Crippen molar-refractivity contribution in [2.75, 3.05) is 0 Å². The van der Waals surface area contributed by atoms with E-state index in [1.54, 1.807) is 53.6 Å². The van der Waals surface area contributed by atoms with E-state index in [0.29, 0.717) is 11.3 Å². The Morgan fingerprint density at radius 3 is 2.45 bits per heavy atom. The van der Waals surface area contributed by atoms with Crippen molar-refractivity contribution in [2.24, 2.45) is 0 Å². The van der Waals surface area contributed by atoms with Gasteiger partial charge < -0.3 is 14.4 Å². The molecule has 0 aliphatic rings. The second kappa shape index (κ2) is 8.35. The maximum atomic E-state index is 13.0. The average Bonchev–Trinajstić information content (AvgIpc) is 3.46. The quantitative estimate of drug-likeness (QED) is 0.493. The fraction of sp³-hybridized carbons (Fsp3) is 0.0909. The van der Waals surface area contributed by atoms with Crippen LogP contribution in [0, 0.1) is 0 Å². The fourth-order valence-electron chi connectivity index (χ4n) is 2.96. The molecule has 2 aromatic carbocycles. The molecule has 0 fully saturated rings. The molecule has 1 amide bonds. The van der Waals surface area contributed by atoms with Crippen molar-refractivity contribution < 1.29 is 14.1 Å². The Labute approximate surface area is 167 Å². The van der Waals surface area contributed by atoms with Crippen LogP contribution in [0.25, 0.3) is 11.3 Å². The summed E-state index contributed by atoms with van der Waals surface area (Å²) in [6, 6.07) is 19.0. The van der Waals surface area contributed by atoms with Crippen LogP contribution in [0.5, 0.6) is 0 Å². The van der Waals surface area contributed by atoms with Crippen LogP contribution in [0.3, 0.4) is 0 Å². The third-order valence-corrected chi connectivity index (χ3v) is 4.43. The van der Waals surface area contributed by atoms with Crippen molar-refractivity contribution in [3.8, 4) is 11.3 Å². The number of amides is 1. The molecule has 2 heterocycles. The molecule has 1 unspecified atom stereocenters. The lowest BCUT2D eigenvalue weighted by Gasteiger charge is -2.17. The first-order valence-corrected chi connectivity index (χ1v) is 9.09. The molecule has 0 bridgehead atoms. The van der Waals surface area contributed by atoms with E-state index < -0.39 is 11.9 Å². The number of aromatic nitrogens is 3. The Bertz CT molecular complexity index is 1090. The van der Waals surface area contributed by atoms with E-state index in [-0.39, 0.29) is 18.0 Å². The van der Waals surface area contributed by atoms with Gasteiger partial charge in [-0.05, 0) is 0 Å². The molecular formula is C22H18N4O3. The molecule has 0 saturated heterocycles. The van der Waals surface area contributed by atoms with Crippen molar-refractivity contribution in [2.45, 2.75) is 12.6 Å². The number of carbonyl (C=O) groups is 2. The summed E-state index contributed by atoms with van der Waals surface area (Å²) in [4.78, 5) is 29.7. The van der Waals surface area contributed by atoms with E-state index in [1.165, 1.54) is 0 Å². The molecule has 0 aliphatic heterocycles. The van der Waals surface area contributed by atoms with Crippen LogP contribution < -0.4 is 5.32 Å². The van der Waals surface area contributed by atoms with Gasteiger partial charge in [0.25, 0.3) is 5.91 Å². The lowest BCUT2D eigenvalue weighted by molar-refractivity contribution is 0.0842. The Morgan fingerprint density at radius 2 is 1.76 bits per heavy atom. The summed E-state index contributed by atoms with van der Waals surface area (Å²) in [6.45, 7) is 0.253. The van der Waals surface area contributed by atoms with E-state index in [4.69, 9.17) is 4.52 Å². The van der Waals surface area contributed by atoms with Gasteiger partial charge in [-0.15, -0.1) is 0 Å². The fourth-order valence-corrected chi connectivity index (χ4v) is 2.96. The molecule has 0 saturated carbocycles. The molecule has 4 rings (SSSR count). The highest BCUT2D eigenvalue weighted by atomic mass is 16.5. The Kier molecular flexibility index (Phi) is 5.29. The topological polar surface area (TPSA) is 90.0 Å². The molecule has 29 heavy (non-hydrogen) atoms. The van der Waals surface area contributed by atoms with E-state index in [9.17, 15) is 9.59 Å². The second-order valence-electron chi connectivity index (χ2n) is 6.46. The number of nitrogens with one attached hydrogen (secondary N) is 1. The first kappa shape index (κ1) is 18.4. The van der Waals surface area contributed by atoms with Gasteiger partial charge in [-0.2, -0.15) is 0 Å². The van der Waals surface area contributed by atoms with Gasteiger partial charge in [-0.3, -0.25) is 9.59 Å². The van der Waals surface area contributed by atoms with Crippen molar-refractivity contribution in [3.05, 3.63) is 96.7 Å². The highest BCUT2D eigenvalue weighted by molar-refractivity contribution is 6.04. The molecule has 0 radical (unpaired) electrons. The van der Waals surface area contributed by atoms with Gasteiger partial charge in [-0.25, -0.2) is 4.98 Å². The summed E-state index contributed by atoms with van der Waals surface area (Å²) >= 11 is 0. The molecule has 2 aromatic heterocycles. The van der Waals surface area contributed by atoms with E-state index in [0.717, 1.165) is 5.56 Å². The number of hydrogen-bond donors (Lipinski definition) is 1. The van der Waals surface area contributed by atoms with Crippen molar-refractivity contribution in [1.82, 2.24) is 20.0 Å². The summed E-state index contributed by atoms with van der Waals surface area (Å²) in [7, 11) is 0. The van der Waals surface area contributed by atoms with Gasteiger partial charge in [0, 0.05) is 29.6 Å². The van der Waals surface area contributed by atoms with Crippen LogP contribution in [0.4, 0.5) is 0 Å². The minimum absolute atomic E-state index is 0.111. The molecular weight excluding hydrogens is 368 g/mol. The predicted molar refractivity (Wildman–Crippen MR) is 106 cm³/mol. The molecule has 4 aromatic rings. The van der Waals surface area contributed by atoms with Crippen molar-refractivity contribution in [3.63, 3.8) is 0 Å². The summed E-state index contributed by atoms with van der Waals surface area (Å²) in [6.07, 6.45) is 4.96. The number of carbonyl (C=O) groups excluding carboxylic acids is 2. The normalized spacial score (nSPS) is 11.7. The van der Waals surface area contributed by atoms with E-state index >= 15 is 0 Å². The molecule has 1 N–H and O–H groups in total. The number of ketones is 1. The Hall–Kier alpha value is -4.00. The maximum absolute atomic E-state index is 13.0. The van der Waals surface area contributed by atoms with Gasteiger partial charge in [0.15, 0.2) is 17.2 Å². The summed E-state index contributed by atoms with van der Waals surface area (Å²) in [5.74, 6) is -0.193. The standard InChI is InChI=1S/C22H18N4O3/c27-21(17-9-5-2-6-10-17)19(14-26-12-11-23-15-26)24-22(28)18-13-20(29-25-18)16-7-3-1-4-8-16/h1-13,15,19H,14H2,(H,24,28). The van der Waals surface area contributed by atoms with Gasteiger partial charge in [0.05, 0.1) is 12.9 Å². The number of nitrogens with zero attached hydrogens (tertiary/aromatic N) is 3. The highest BCUT2D eigenvalue weighted by Gasteiger charge is 2.25. The van der Waals surface area contributed by atoms with Crippen LogP contribution >= 0.6 is 0 Å². The zero-order valence-corrected chi connectivity index (χ0v) is 15.4. The molecule has 0 spiro atoms. The van der Waals surface area contributed by atoms with Gasteiger partial charge in [-0.1, -0.05) is 65.8 Å². The minimum Gasteiger partial charge on any atom is -0.355 e. The molecule has 1 atom stereocenters. The zero-order chi connectivity index (χ0) is 20.1. The lowest BCUT2D eigenvalue weighted by Crippen LogP contribution is -2.43. The lowest BCUT2D eigenvalue weighted by atomic mass is 10.0. The van der Waals surface area contributed by atoms with Crippen molar-refractivity contribution in [1.29, 1.82) is 0 Å². The number of benzene rings is 2. The number of rotatable bonds is 7. The smallest absolute Gasteiger partial charge is 0.274 e. The van der Waals surface area contributed by atoms with Gasteiger partial charge >= 0.3 is 0 Å². The number of imidazole rings is 1. The molecule has 0 aliphatic carbocycles. The second-order valence-corrected chi connectivity index (χ2v) is 6.46. The summed E-state index contributed by atoms with van der Waals surface area (Å²) in [5.41, 5.74) is 1.44. The Morgan fingerprint density at radius 1 is 1.03 bits per heavy atom. The Balaban J connectivity index is 1.55. The van der Waals surface area contributed by atoms with Crippen LogP contribution in [-0.2, 0) is 6.54 Å². The van der Waals surface area contributed by atoms with Crippen LogP contribution in [0.1, 0.15) is 20.8 Å². The minimum atomic E-state index is -0.782. The summed E-state index contributed by atoms with van der Waals surface area (Å²) in [5, 5.41) is 6.63. The SMILES string of the molecule is O=C(NC(Cn1ccnc1)C(=O)c1ccccc1)c1cc(-c2ccccc2)on1. The van der Waals surface area contributed by atoms with E-state index in [2.05, 4.69) is 15.5 Å². The average molecular weight is 386 g/mol. The molecule has 144 valence electrons. The first-order valence-electron chi connectivity index (χ1n) is 9.09. The monoisotopic (exact) mass is 386 g/mol. The van der Waals surface area contributed by atoms with Crippen LogP contribution in [0.2, 0.25) is 0 Å². The van der Waals surface area contributed by atoms with E-state index in [1.807, 2.05) is 36.4 Å². The third kappa shape index (κ3) is 4.30. The van der Waals surface area contributed by atoms with Gasteiger partial charge in [0.1, 0.15) is 6.04 Å². The highest BCUT2D eigenvalue weighted by Crippen LogP contribution is 2.19. The predicted octanol–water partition coefficient (Wildman–Crippen LogP) is 3.22. The van der Waals surface area contributed by atoms with Crippen LogP contribution in [0.15, 0.2) is 90.0 Å². The number of hydrogen-bond acceptors (Lipinski definition) is 5. The number of Topliss-reactive ketones (excluding diaryl/α,β-unsaturated/α-hetero) is 1. The zero-order valence-electron chi connectivity index (χ0n) is 15.4. The van der Waals surface area contributed by atoms with Gasteiger partial charge in [0.2, 0.25) is 0 Å². The maximum Gasteiger partial charge on any atom is 0.274 e. The summed E-state index contributed by atoms with van der Waals surface area (Å²) < 4.78 is 7.03. The third-order valence-electron chi connectivity index (χ3n) is 4.43. The first-order chi connectivity index (χ1) is 14.2. The van der Waals surface area contributed by atoms with Crippen LogP contribution in [-0.4, -0.2) is 32.4 Å². The largest absolute Gasteiger partial charge is 0.355 e. The molecule has 7 heteroatoms.